The first kappa shape index (κ1) is 17.6. The van der Waals surface area contributed by atoms with Gasteiger partial charge in [-0.3, -0.25) is 4.79 Å². The minimum absolute atomic E-state index is 0.0938. The molecule has 1 fully saturated rings. The second-order valence-electron chi connectivity index (χ2n) is 5.43. The van der Waals surface area contributed by atoms with Crippen LogP contribution in [0.25, 0.3) is 0 Å². The molecule has 0 bridgehead atoms. The average Bonchev–Trinajstić information content (AvgIpc) is 2.44. The predicted molar refractivity (Wildman–Crippen MR) is 69.5 cm³/mol. The fourth-order valence-electron chi connectivity index (χ4n) is 2.56. The van der Waals surface area contributed by atoms with Crippen molar-refractivity contribution < 1.29 is 31.1 Å². The zero-order valence-electron chi connectivity index (χ0n) is 11.8. The highest BCUT2D eigenvalue weighted by Crippen LogP contribution is 2.34. The molecule has 0 spiro atoms. The smallest absolute Gasteiger partial charge is 0.326 e. The van der Waals surface area contributed by atoms with Crippen LogP contribution in [-0.4, -0.2) is 35.6 Å². The van der Waals surface area contributed by atoms with Crippen LogP contribution in [0.15, 0.2) is 24.3 Å². The van der Waals surface area contributed by atoms with E-state index in [1.54, 1.807) is 0 Å². The number of carbonyl (C=O) groups is 1. The summed E-state index contributed by atoms with van der Waals surface area (Å²) in [6.45, 7) is -0.348. The van der Waals surface area contributed by atoms with Crippen LogP contribution < -0.4 is 5.73 Å². The van der Waals surface area contributed by atoms with Crippen LogP contribution in [0.4, 0.5) is 26.3 Å². The summed E-state index contributed by atoms with van der Waals surface area (Å²) in [5, 5.41) is 0. The number of nitrogens with two attached hydrogens (primary N) is 1. The van der Waals surface area contributed by atoms with Crippen molar-refractivity contribution in [1.82, 2.24) is 4.90 Å². The van der Waals surface area contributed by atoms with Crippen LogP contribution in [0.5, 0.6) is 0 Å². The predicted octanol–water partition coefficient (Wildman–Crippen LogP) is 3.20. The molecule has 9 heteroatoms. The van der Waals surface area contributed by atoms with E-state index in [9.17, 15) is 31.1 Å². The normalized spacial score (nSPS) is 23.0. The molecule has 2 atom stereocenters. The van der Waals surface area contributed by atoms with Crippen LogP contribution in [-0.2, 0) is 6.18 Å². The number of alkyl halides is 6. The van der Waals surface area contributed by atoms with E-state index in [-0.39, 0.29) is 19.4 Å². The van der Waals surface area contributed by atoms with Gasteiger partial charge in [0.25, 0.3) is 5.91 Å². The molecule has 2 N–H and O–H groups in total. The molecule has 2 unspecified atom stereocenters. The van der Waals surface area contributed by atoms with Gasteiger partial charge in [-0.1, -0.05) is 6.07 Å². The lowest BCUT2D eigenvalue weighted by Crippen LogP contribution is -2.56. The molecule has 1 heterocycles. The quantitative estimate of drug-likeness (QED) is 0.798. The van der Waals surface area contributed by atoms with E-state index < -0.39 is 41.5 Å². The van der Waals surface area contributed by atoms with Crippen LogP contribution in [0, 0.1) is 0 Å². The van der Waals surface area contributed by atoms with Crippen molar-refractivity contribution in [3.05, 3.63) is 35.4 Å². The molecule has 128 valence electrons. The summed E-state index contributed by atoms with van der Waals surface area (Å²) in [4.78, 5) is 12.8. The van der Waals surface area contributed by atoms with E-state index in [2.05, 4.69) is 0 Å². The summed E-state index contributed by atoms with van der Waals surface area (Å²) in [7, 11) is 0. The van der Waals surface area contributed by atoms with Crippen molar-refractivity contribution in [1.29, 1.82) is 0 Å². The van der Waals surface area contributed by atoms with Gasteiger partial charge in [0.15, 0.2) is 0 Å². The SMILES string of the molecule is NC1CCC(C(F)(F)F)N(C(=O)c2cccc(C(F)(F)F)c2)C1. The van der Waals surface area contributed by atoms with Crippen molar-refractivity contribution in [3.63, 3.8) is 0 Å². The second-order valence-corrected chi connectivity index (χ2v) is 5.43. The lowest BCUT2D eigenvalue weighted by atomic mass is 9.97. The zero-order valence-corrected chi connectivity index (χ0v) is 11.8. The zero-order chi connectivity index (χ0) is 17.4. The Kier molecular flexibility index (Phi) is 4.61. The fourth-order valence-corrected chi connectivity index (χ4v) is 2.56. The number of nitrogens with zero attached hydrogens (tertiary/aromatic N) is 1. The van der Waals surface area contributed by atoms with Gasteiger partial charge in [-0.05, 0) is 31.0 Å². The molecule has 3 nitrogen and oxygen atoms in total. The third-order valence-corrected chi connectivity index (χ3v) is 3.69. The maximum absolute atomic E-state index is 13.0. The maximum Gasteiger partial charge on any atom is 0.416 e. The minimum atomic E-state index is -4.68. The summed E-state index contributed by atoms with van der Waals surface area (Å²) in [6.07, 6.45) is -9.61. The minimum Gasteiger partial charge on any atom is -0.326 e. The Hall–Kier alpha value is -1.77. The summed E-state index contributed by atoms with van der Waals surface area (Å²) < 4.78 is 77.2. The first-order chi connectivity index (χ1) is 10.5. The summed E-state index contributed by atoms with van der Waals surface area (Å²) in [5.74, 6) is -1.10. The van der Waals surface area contributed by atoms with E-state index in [0.29, 0.717) is 11.0 Å². The molecule has 2 rings (SSSR count). The number of benzene rings is 1. The lowest BCUT2D eigenvalue weighted by molar-refractivity contribution is -0.184. The van der Waals surface area contributed by atoms with Crippen LogP contribution >= 0.6 is 0 Å². The number of rotatable bonds is 1. The van der Waals surface area contributed by atoms with E-state index in [1.165, 1.54) is 0 Å². The van der Waals surface area contributed by atoms with E-state index in [0.717, 1.165) is 18.2 Å². The van der Waals surface area contributed by atoms with Gasteiger partial charge in [0.05, 0.1) is 5.56 Å². The molecular weight excluding hydrogens is 326 g/mol. The van der Waals surface area contributed by atoms with Crippen LogP contribution in [0.1, 0.15) is 28.8 Å². The molecule has 1 aliphatic heterocycles. The third kappa shape index (κ3) is 3.95. The molecule has 1 aromatic rings. The number of piperidine rings is 1. The fraction of sp³-hybridized carbons (Fsp3) is 0.500. The Bertz CT molecular complexity index is 583. The van der Waals surface area contributed by atoms with Crippen molar-refractivity contribution in [2.45, 2.75) is 37.3 Å². The Morgan fingerprint density at radius 3 is 2.35 bits per heavy atom. The third-order valence-electron chi connectivity index (χ3n) is 3.69. The highest BCUT2D eigenvalue weighted by atomic mass is 19.4. The topological polar surface area (TPSA) is 46.3 Å². The highest BCUT2D eigenvalue weighted by molar-refractivity contribution is 5.94. The average molecular weight is 340 g/mol. The van der Waals surface area contributed by atoms with Crippen LogP contribution in [0.2, 0.25) is 0 Å². The Morgan fingerprint density at radius 1 is 1.13 bits per heavy atom. The second kappa shape index (κ2) is 6.03. The van der Waals surface area contributed by atoms with Gasteiger partial charge in [0, 0.05) is 18.2 Å². The molecule has 1 amide bonds. The van der Waals surface area contributed by atoms with Gasteiger partial charge in [-0.2, -0.15) is 26.3 Å². The summed E-state index contributed by atoms with van der Waals surface area (Å²) >= 11 is 0. The highest BCUT2D eigenvalue weighted by Gasteiger charge is 2.47. The van der Waals surface area contributed by atoms with Gasteiger partial charge < -0.3 is 10.6 Å². The van der Waals surface area contributed by atoms with Gasteiger partial charge in [0.1, 0.15) is 6.04 Å². The van der Waals surface area contributed by atoms with Gasteiger partial charge >= 0.3 is 12.4 Å². The first-order valence-electron chi connectivity index (χ1n) is 6.80. The standard InChI is InChI=1S/C14H14F6N2O/c15-13(16,17)9-3-1-2-8(6-9)12(23)22-7-10(21)4-5-11(22)14(18,19)20/h1-3,6,10-11H,4-5,7,21H2. The number of hydrogen-bond acceptors (Lipinski definition) is 2. The lowest BCUT2D eigenvalue weighted by Gasteiger charge is -2.39. The van der Waals surface area contributed by atoms with E-state index in [1.807, 2.05) is 0 Å². The molecule has 1 saturated heterocycles. The monoisotopic (exact) mass is 340 g/mol. The molecule has 0 radical (unpaired) electrons. The molecular formula is C14H14F6N2O. The maximum atomic E-state index is 13.0. The number of likely N-dealkylation sites (tertiary alicyclic amines) is 1. The molecule has 0 saturated carbocycles. The number of amides is 1. The Labute approximate surface area is 128 Å². The molecule has 0 aliphatic carbocycles. The number of carbonyl (C=O) groups excluding carboxylic acids is 1. The number of hydrogen-bond donors (Lipinski definition) is 1. The van der Waals surface area contributed by atoms with E-state index >= 15 is 0 Å². The van der Waals surface area contributed by atoms with Gasteiger partial charge in [-0.25, -0.2) is 0 Å². The van der Waals surface area contributed by atoms with Crippen molar-refractivity contribution in [2.75, 3.05) is 6.54 Å². The Balaban J connectivity index is 2.33. The van der Waals surface area contributed by atoms with Crippen LogP contribution in [0.3, 0.4) is 0 Å². The summed E-state index contributed by atoms with van der Waals surface area (Å²) in [6, 6.07) is 0.677. The first-order valence-corrected chi connectivity index (χ1v) is 6.80. The van der Waals surface area contributed by atoms with Gasteiger partial charge in [0.2, 0.25) is 0 Å². The molecule has 1 aliphatic rings. The summed E-state index contributed by atoms with van der Waals surface area (Å²) in [5.41, 5.74) is 4.07. The number of halogens is 6. The molecule has 23 heavy (non-hydrogen) atoms. The van der Waals surface area contributed by atoms with Crippen molar-refractivity contribution >= 4 is 5.91 Å². The largest absolute Gasteiger partial charge is 0.416 e. The molecule has 1 aromatic carbocycles. The molecule has 0 aromatic heterocycles. The van der Waals surface area contributed by atoms with Gasteiger partial charge in [-0.15, -0.1) is 0 Å². The van der Waals surface area contributed by atoms with Crippen molar-refractivity contribution in [2.24, 2.45) is 5.73 Å². The van der Waals surface area contributed by atoms with Crippen molar-refractivity contribution in [3.8, 4) is 0 Å². The Morgan fingerprint density at radius 2 is 1.78 bits per heavy atom. The van der Waals surface area contributed by atoms with E-state index in [4.69, 9.17) is 5.73 Å².